The van der Waals surface area contributed by atoms with Gasteiger partial charge in [0.15, 0.2) is 0 Å². The predicted molar refractivity (Wildman–Crippen MR) is 224 cm³/mol. The van der Waals surface area contributed by atoms with Gasteiger partial charge in [-0.1, -0.05) is 195 Å². The Morgan fingerprint density at radius 2 is 0.769 bits per heavy atom. The first-order valence-corrected chi connectivity index (χ1v) is 23.6. The molecule has 308 valence electrons. The molecule has 0 aromatic rings. The monoisotopic (exact) mass is 734 g/mol. The highest BCUT2D eigenvalue weighted by molar-refractivity contribution is 5.69. The maximum atomic E-state index is 12.5. The number of hydrogen-bond donors (Lipinski definition) is 0. The van der Waals surface area contributed by atoms with Gasteiger partial charge >= 0.3 is 11.9 Å². The minimum absolute atomic E-state index is 0.0186. The molecule has 1 aliphatic rings. The second-order valence-corrected chi connectivity index (χ2v) is 16.7. The van der Waals surface area contributed by atoms with Crippen LogP contribution in [-0.4, -0.2) is 49.7 Å². The van der Waals surface area contributed by atoms with Gasteiger partial charge in [0, 0.05) is 12.8 Å². The van der Waals surface area contributed by atoms with Crippen LogP contribution in [-0.2, 0) is 19.1 Å². The highest BCUT2D eigenvalue weighted by atomic mass is 16.5. The highest BCUT2D eigenvalue weighted by Crippen LogP contribution is 2.25. The molecule has 5 heteroatoms. The number of cyclic esters (lactones) is 2. The number of ether oxygens (including phenoxy) is 2. The molecule has 0 saturated carbocycles. The summed E-state index contributed by atoms with van der Waals surface area (Å²) in [5, 5.41) is 0. The van der Waals surface area contributed by atoms with E-state index in [1.165, 1.54) is 167 Å². The highest BCUT2D eigenvalue weighted by Gasteiger charge is 2.14. The van der Waals surface area contributed by atoms with Crippen molar-refractivity contribution in [2.75, 3.05) is 32.8 Å². The van der Waals surface area contributed by atoms with Gasteiger partial charge in [-0.25, -0.2) is 0 Å². The lowest BCUT2D eigenvalue weighted by atomic mass is 9.90. The Hall–Kier alpha value is -1.10. The minimum Gasteiger partial charge on any atom is -0.466 e. The lowest BCUT2D eigenvalue weighted by Crippen LogP contribution is -2.25. The summed E-state index contributed by atoms with van der Waals surface area (Å²) in [6.07, 6.45) is 40.2. The van der Waals surface area contributed by atoms with Crippen molar-refractivity contribution < 1.29 is 19.1 Å². The summed E-state index contributed by atoms with van der Waals surface area (Å²) in [5.74, 6) is 2.28. The first-order valence-electron chi connectivity index (χ1n) is 23.6. The molecule has 0 spiro atoms. The molecule has 5 nitrogen and oxygen atoms in total. The van der Waals surface area contributed by atoms with Crippen LogP contribution in [0.1, 0.15) is 240 Å². The Morgan fingerprint density at radius 1 is 0.442 bits per heavy atom. The van der Waals surface area contributed by atoms with E-state index in [0.717, 1.165) is 57.5 Å². The van der Waals surface area contributed by atoms with Crippen molar-refractivity contribution in [3.8, 4) is 0 Å². The average molecular weight is 734 g/mol. The third kappa shape index (κ3) is 30.3. The Kier molecular flexibility index (Phi) is 34.7. The number of carbonyl (C=O) groups is 2. The van der Waals surface area contributed by atoms with Gasteiger partial charge in [-0.15, -0.1) is 0 Å². The van der Waals surface area contributed by atoms with Gasteiger partial charge in [-0.2, -0.15) is 0 Å². The molecule has 2 atom stereocenters. The van der Waals surface area contributed by atoms with E-state index in [-0.39, 0.29) is 11.9 Å². The fraction of sp³-hybridized carbons (Fsp3) is 0.957. The molecule has 1 rings (SSSR count). The summed E-state index contributed by atoms with van der Waals surface area (Å²) >= 11 is 0. The van der Waals surface area contributed by atoms with Crippen LogP contribution in [0.15, 0.2) is 0 Å². The largest absolute Gasteiger partial charge is 0.466 e. The van der Waals surface area contributed by atoms with Crippen LogP contribution >= 0.6 is 0 Å². The van der Waals surface area contributed by atoms with E-state index in [4.69, 9.17) is 9.47 Å². The normalized spacial score (nSPS) is 24.3. The van der Waals surface area contributed by atoms with E-state index in [1.807, 2.05) is 0 Å². The second kappa shape index (κ2) is 36.9. The van der Waals surface area contributed by atoms with E-state index in [1.54, 1.807) is 0 Å². The van der Waals surface area contributed by atoms with Crippen LogP contribution in [0.3, 0.4) is 0 Å². The molecule has 0 aromatic carbocycles. The number of rotatable bonds is 11. The Bertz CT molecular complexity index is 727. The first kappa shape index (κ1) is 48.9. The molecule has 0 aromatic heterocycles. The molecule has 1 aliphatic heterocycles. The first-order chi connectivity index (χ1) is 25.5. The van der Waals surface area contributed by atoms with E-state index < -0.39 is 0 Å². The maximum absolute atomic E-state index is 12.5. The smallest absolute Gasteiger partial charge is 0.305 e. The number of nitrogens with zero attached hydrogens (tertiary/aromatic N) is 1. The molecule has 1 fully saturated rings. The lowest BCUT2D eigenvalue weighted by Gasteiger charge is -2.23. The molecule has 0 radical (unpaired) electrons. The number of unbranched alkanes of at least 4 members (excludes halogenated alkanes) is 2. The van der Waals surface area contributed by atoms with Crippen molar-refractivity contribution >= 4 is 11.9 Å². The van der Waals surface area contributed by atoms with Crippen molar-refractivity contribution in [2.24, 2.45) is 17.8 Å². The predicted octanol–water partition coefficient (Wildman–Crippen LogP) is 14.2. The third-order valence-electron chi connectivity index (χ3n) is 12.2. The molecule has 0 amide bonds. The van der Waals surface area contributed by atoms with Gasteiger partial charge in [0.2, 0.25) is 0 Å². The van der Waals surface area contributed by atoms with Gasteiger partial charge in [0.05, 0.1) is 13.2 Å². The van der Waals surface area contributed by atoms with Gasteiger partial charge in [0.25, 0.3) is 0 Å². The topological polar surface area (TPSA) is 55.8 Å². The van der Waals surface area contributed by atoms with Gasteiger partial charge in [-0.3, -0.25) is 9.59 Å². The van der Waals surface area contributed by atoms with Gasteiger partial charge in [-0.05, 0) is 69.5 Å². The van der Waals surface area contributed by atoms with Crippen molar-refractivity contribution in [3.63, 3.8) is 0 Å². The lowest BCUT2D eigenvalue weighted by molar-refractivity contribution is -0.145. The SMILES string of the molecule is CCCCC1CCCCCCC(CCCC)CCOC(=O)CCCCCCCCCC(CCN(CC)CC)CCCCCCCCCC(=O)OCC1. The van der Waals surface area contributed by atoms with E-state index in [0.29, 0.717) is 37.9 Å². The fourth-order valence-corrected chi connectivity index (χ4v) is 8.40. The van der Waals surface area contributed by atoms with Gasteiger partial charge < -0.3 is 14.4 Å². The zero-order chi connectivity index (χ0) is 37.7. The zero-order valence-electron chi connectivity index (χ0n) is 35.7. The van der Waals surface area contributed by atoms with Crippen LogP contribution in [0, 0.1) is 17.8 Å². The molecule has 52 heavy (non-hydrogen) atoms. The molecule has 1 saturated heterocycles. The molecule has 0 aliphatic carbocycles. The molecule has 0 bridgehead atoms. The summed E-state index contributed by atoms with van der Waals surface area (Å²) in [6, 6.07) is 0. The molecule has 1 heterocycles. The average Bonchev–Trinajstić information content (AvgIpc) is 3.14. The fourth-order valence-electron chi connectivity index (χ4n) is 8.40. The standard InChI is InChI=1S/C47H91NO4/c1-5-9-29-44-33-25-21-22-26-34-45(30-10-6-2)39-42-52-47(50)36-28-20-16-12-14-18-24-32-43(37-40-48(7-3)8-4)31-23-17-13-11-15-19-27-35-46(49)51-41-38-44/h43-45H,5-42H2,1-4H3. The van der Waals surface area contributed by atoms with Crippen LogP contribution in [0.5, 0.6) is 0 Å². The summed E-state index contributed by atoms with van der Waals surface area (Å²) in [4.78, 5) is 27.5. The van der Waals surface area contributed by atoms with E-state index >= 15 is 0 Å². The summed E-state index contributed by atoms with van der Waals surface area (Å²) < 4.78 is 11.4. The summed E-state index contributed by atoms with van der Waals surface area (Å²) in [6.45, 7) is 13.9. The van der Waals surface area contributed by atoms with Crippen molar-refractivity contribution in [1.82, 2.24) is 4.90 Å². The van der Waals surface area contributed by atoms with Crippen LogP contribution < -0.4 is 0 Å². The molecule has 2 unspecified atom stereocenters. The third-order valence-corrected chi connectivity index (χ3v) is 12.2. The Labute approximate surface area is 325 Å². The van der Waals surface area contributed by atoms with Crippen LogP contribution in [0.25, 0.3) is 0 Å². The Balaban J connectivity index is 2.59. The van der Waals surface area contributed by atoms with E-state index in [2.05, 4.69) is 32.6 Å². The number of esters is 2. The molecule has 0 N–H and O–H groups in total. The zero-order valence-corrected chi connectivity index (χ0v) is 35.7. The van der Waals surface area contributed by atoms with E-state index in [9.17, 15) is 9.59 Å². The molecular formula is C47H91NO4. The number of carbonyl (C=O) groups excluding carboxylic acids is 2. The van der Waals surface area contributed by atoms with Crippen molar-refractivity contribution in [2.45, 2.75) is 240 Å². The van der Waals surface area contributed by atoms with Crippen molar-refractivity contribution in [3.05, 3.63) is 0 Å². The quantitative estimate of drug-likeness (QED) is 0.198. The second-order valence-electron chi connectivity index (χ2n) is 16.7. The van der Waals surface area contributed by atoms with Gasteiger partial charge in [0.1, 0.15) is 0 Å². The molecular weight excluding hydrogens is 643 g/mol. The Morgan fingerprint density at radius 3 is 1.12 bits per heavy atom. The summed E-state index contributed by atoms with van der Waals surface area (Å²) in [5.41, 5.74) is 0. The number of hydrogen-bond acceptors (Lipinski definition) is 5. The van der Waals surface area contributed by atoms with Crippen molar-refractivity contribution in [1.29, 1.82) is 0 Å². The maximum Gasteiger partial charge on any atom is 0.305 e. The van der Waals surface area contributed by atoms with Crippen LogP contribution in [0.4, 0.5) is 0 Å². The van der Waals surface area contributed by atoms with Crippen LogP contribution in [0.2, 0.25) is 0 Å². The summed E-state index contributed by atoms with van der Waals surface area (Å²) in [7, 11) is 0. The minimum atomic E-state index is 0.0186.